The third-order valence-electron chi connectivity index (χ3n) is 6.28. The van der Waals surface area contributed by atoms with Crippen molar-refractivity contribution in [3.8, 4) is 0 Å². The van der Waals surface area contributed by atoms with Gasteiger partial charge >= 0.3 is 0 Å². The van der Waals surface area contributed by atoms with Gasteiger partial charge in [0.25, 0.3) is 0 Å². The van der Waals surface area contributed by atoms with E-state index in [2.05, 4.69) is 5.32 Å². The predicted molar refractivity (Wildman–Crippen MR) is 167 cm³/mol. The fourth-order valence-corrected chi connectivity index (χ4v) is 5.75. The van der Waals surface area contributed by atoms with E-state index < -0.39 is 21.6 Å². The summed E-state index contributed by atoms with van der Waals surface area (Å²) in [5, 5.41) is 4.06. The molecule has 1 N–H and O–H groups in total. The first-order valence-electron chi connectivity index (χ1n) is 13.4. The quantitative estimate of drug-likeness (QED) is 0.266. The highest BCUT2D eigenvalue weighted by Crippen LogP contribution is 2.23. The highest BCUT2D eigenvalue weighted by molar-refractivity contribution is 7.92. The fourth-order valence-electron chi connectivity index (χ4n) is 4.45. The number of amides is 2. The Morgan fingerprint density at radius 2 is 1.51 bits per heavy atom. The van der Waals surface area contributed by atoms with Gasteiger partial charge in [0.05, 0.1) is 11.9 Å². The smallest absolute Gasteiger partial charge is 0.243 e. The lowest BCUT2D eigenvalue weighted by Crippen LogP contribution is -2.54. The van der Waals surface area contributed by atoms with Crippen LogP contribution in [0.4, 0.5) is 5.69 Å². The minimum absolute atomic E-state index is 0.0360. The summed E-state index contributed by atoms with van der Waals surface area (Å²) in [6.45, 7) is 5.94. The van der Waals surface area contributed by atoms with Crippen LogP contribution in [0.5, 0.6) is 0 Å². The van der Waals surface area contributed by atoms with Crippen molar-refractivity contribution < 1.29 is 18.0 Å². The molecular weight excluding hydrogens is 581 g/mol. The maximum absolute atomic E-state index is 13.9. The summed E-state index contributed by atoms with van der Waals surface area (Å²) < 4.78 is 26.4. The Kier molecular flexibility index (Phi) is 11.2. The van der Waals surface area contributed by atoms with E-state index in [1.165, 1.54) is 4.31 Å². The van der Waals surface area contributed by atoms with Crippen molar-refractivity contribution in [2.24, 2.45) is 0 Å². The number of nitrogens with zero attached hydrogens (tertiary/aromatic N) is 2. The SMILES string of the molecule is CC(C)(C)NC(=O)[C@H](Cc1ccccc1)N(Cc1cccc(Cl)c1)C(=O)CCCN(c1ccc(Cl)cc1)S(C)(=O)=O. The lowest BCUT2D eigenvalue weighted by Gasteiger charge is -2.34. The van der Waals surface area contributed by atoms with E-state index in [-0.39, 0.29) is 37.7 Å². The predicted octanol–water partition coefficient (Wildman–Crippen LogP) is 6.09. The molecule has 2 amide bonds. The van der Waals surface area contributed by atoms with Crippen molar-refractivity contribution in [3.63, 3.8) is 0 Å². The van der Waals surface area contributed by atoms with Gasteiger partial charge in [-0.3, -0.25) is 13.9 Å². The molecule has 3 aromatic rings. The molecule has 0 aliphatic rings. The van der Waals surface area contributed by atoms with Crippen molar-refractivity contribution >= 4 is 50.7 Å². The summed E-state index contributed by atoms with van der Waals surface area (Å²) in [5.41, 5.74) is 1.65. The number of hydrogen-bond acceptors (Lipinski definition) is 4. The van der Waals surface area contributed by atoms with Gasteiger partial charge in [0, 0.05) is 41.5 Å². The summed E-state index contributed by atoms with van der Waals surface area (Å²) in [6, 6.07) is 22.4. The molecule has 0 aliphatic heterocycles. The molecule has 0 spiro atoms. The van der Waals surface area contributed by atoms with Crippen LogP contribution in [0, 0.1) is 0 Å². The molecule has 0 saturated carbocycles. The van der Waals surface area contributed by atoms with E-state index in [4.69, 9.17) is 23.2 Å². The number of carbonyl (C=O) groups excluding carboxylic acids is 2. The van der Waals surface area contributed by atoms with Gasteiger partial charge in [-0.05, 0) is 74.7 Å². The van der Waals surface area contributed by atoms with Crippen molar-refractivity contribution in [1.82, 2.24) is 10.2 Å². The topological polar surface area (TPSA) is 86.8 Å². The molecular formula is C31H37Cl2N3O4S. The van der Waals surface area contributed by atoms with Crippen molar-refractivity contribution in [3.05, 3.63) is 100 Å². The maximum Gasteiger partial charge on any atom is 0.243 e. The Labute approximate surface area is 253 Å². The second kappa shape index (κ2) is 14.2. The van der Waals surface area contributed by atoms with Crippen LogP contribution in [0.2, 0.25) is 10.0 Å². The summed E-state index contributed by atoms with van der Waals surface area (Å²) in [4.78, 5) is 29.1. The molecule has 3 rings (SSSR count). The molecule has 0 fully saturated rings. The van der Waals surface area contributed by atoms with E-state index in [0.29, 0.717) is 22.2 Å². The minimum Gasteiger partial charge on any atom is -0.350 e. The zero-order chi connectivity index (χ0) is 30.2. The molecule has 0 radical (unpaired) electrons. The Hall–Kier alpha value is -3.07. The number of hydrogen-bond donors (Lipinski definition) is 1. The summed E-state index contributed by atoms with van der Waals surface area (Å²) in [6.07, 6.45) is 1.73. The van der Waals surface area contributed by atoms with E-state index >= 15 is 0 Å². The molecule has 1 atom stereocenters. The van der Waals surface area contributed by atoms with E-state index in [1.807, 2.05) is 57.2 Å². The molecule has 0 unspecified atom stereocenters. The van der Waals surface area contributed by atoms with Gasteiger partial charge in [-0.15, -0.1) is 0 Å². The molecule has 0 heterocycles. The molecule has 10 heteroatoms. The average Bonchev–Trinajstić information content (AvgIpc) is 2.88. The molecule has 0 saturated heterocycles. The molecule has 0 aliphatic carbocycles. The number of carbonyl (C=O) groups is 2. The number of halogens is 2. The minimum atomic E-state index is -3.61. The Balaban J connectivity index is 1.90. The number of sulfonamides is 1. The zero-order valence-electron chi connectivity index (χ0n) is 23.8. The van der Waals surface area contributed by atoms with Gasteiger partial charge in [0.1, 0.15) is 6.04 Å². The molecule has 3 aromatic carbocycles. The second-order valence-corrected chi connectivity index (χ2v) is 13.8. The number of anilines is 1. The summed E-state index contributed by atoms with van der Waals surface area (Å²) in [5.74, 6) is -0.532. The number of rotatable bonds is 12. The third-order valence-corrected chi connectivity index (χ3v) is 7.96. The second-order valence-electron chi connectivity index (χ2n) is 11.0. The third kappa shape index (κ3) is 10.4. The highest BCUT2D eigenvalue weighted by atomic mass is 35.5. The molecule has 41 heavy (non-hydrogen) atoms. The van der Waals surface area contributed by atoms with Crippen molar-refractivity contribution in [2.45, 2.75) is 58.2 Å². The molecule has 7 nitrogen and oxygen atoms in total. The van der Waals surface area contributed by atoms with Crippen LogP contribution < -0.4 is 9.62 Å². The van der Waals surface area contributed by atoms with Crippen LogP contribution in [-0.4, -0.2) is 49.5 Å². The standard InChI is InChI=1S/C31H37Cl2N3O4S/c1-31(2,3)34-30(38)28(21-23-10-6-5-7-11-23)35(22-24-12-8-13-26(33)20-24)29(37)14-9-19-36(41(4,39)40)27-17-15-25(32)16-18-27/h5-8,10-13,15-18,20,28H,9,14,19,21-22H2,1-4H3,(H,34,38)/t28-/m0/s1. The van der Waals surface area contributed by atoms with E-state index in [1.54, 1.807) is 47.4 Å². The van der Waals surface area contributed by atoms with Crippen LogP contribution >= 0.6 is 23.2 Å². The lowest BCUT2D eigenvalue weighted by atomic mass is 10.00. The van der Waals surface area contributed by atoms with Gasteiger partial charge in [0.2, 0.25) is 21.8 Å². The average molecular weight is 619 g/mol. The van der Waals surface area contributed by atoms with E-state index in [0.717, 1.165) is 17.4 Å². The first-order valence-corrected chi connectivity index (χ1v) is 16.0. The first-order chi connectivity index (χ1) is 19.2. The van der Waals surface area contributed by atoms with Crippen LogP contribution in [0.25, 0.3) is 0 Å². The van der Waals surface area contributed by atoms with Crippen LogP contribution in [-0.2, 0) is 32.6 Å². The summed E-state index contributed by atoms with van der Waals surface area (Å²) in [7, 11) is -3.61. The summed E-state index contributed by atoms with van der Waals surface area (Å²) >= 11 is 12.2. The van der Waals surface area contributed by atoms with Gasteiger partial charge in [-0.25, -0.2) is 8.42 Å². The Bertz CT molecular complexity index is 1430. The number of nitrogens with one attached hydrogen (secondary N) is 1. The zero-order valence-corrected chi connectivity index (χ0v) is 26.1. The van der Waals surface area contributed by atoms with E-state index in [9.17, 15) is 18.0 Å². The lowest BCUT2D eigenvalue weighted by molar-refractivity contribution is -0.142. The molecule has 0 aromatic heterocycles. The van der Waals surface area contributed by atoms with Gasteiger partial charge < -0.3 is 10.2 Å². The monoisotopic (exact) mass is 617 g/mol. The van der Waals surface area contributed by atoms with Crippen LogP contribution in [0.1, 0.15) is 44.7 Å². The van der Waals surface area contributed by atoms with Gasteiger partial charge in [-0.2, -0.15) is 0 Å². The molecule has 0 bridgehead atoms. The Morgan fingerprint density at radius 3 is 2.10 bits per heavy atom. The maximum atomic E-state index is 13.9. The Morgan fingerprint density at radius 1 is 0.878 bits per heavy atom. The fraction of sp³-hybridized carbons (Fsp3) is 0.355. The van der Waals surface area contributed by atoms with Crippen LogP contribution in [0.3, 0.4) is 0 Å². The highest BCUT2D eigenvalue weighted by Gasteiger charge is 2.32. The van der Waals surface area contributed by atoms with Crippen molar-refractivity contribution in [2.75, 3.05) is 17.1 Å². The normalized spacial score (nSPS) is 12.4. The largest absolute Gasteiger partial charge is 0.350 e. The van der Waals surface area contributed by atoms with Crippen molar-refractivity contribution in [1.29, 1.82) is 0 Å². The van der Waals surface area contributed by atoms with Crippen LogP contribution in [0.15, 0.2) is 78.9 Å². The molecule has 220 valence electrons. The number of benzene rings is 3. The van der Waals surface area contributed by atoms with Gasteiger partial charge in [0.15, 0.2) is 0 Å². The van der Waals surface area contributed by atoms with Gasteiger partial charge in [-0.1, -0.05) is 65.7 Å². The first kappa shape index (κ1) is 32.4.